The summed E-state index contributed by atoms with van der Waals surface area (Å²) in [4.78, 5) is 0. The van der Waals surface area contributed by atoms with Gasteiger partial charge in [0.2, 0.25) is 0 Å². The van der Waals surface area contributed by atoms with E-state index >= 15 is 0 Å². The molecule has 100 valence electrons. The lowest BCUT2D eigenvalue weighted by Gasteiger charge is -2.20. The molecule has 0 bridgehead atoms. The van der Waals surface area contributed by atoms with E-state index in [9.17, 15) is 4.39 Å². The lowest BCUT2D eigenvalue weighted by Crippen LogP contribution is -2.23. The maximum atomic E-state index is 13.6. The Hall–Kier alpha value is -0.410. The number of hydrogen-bond acceptors (Lipinski definition) is 1. The Labute approximate surface area is 117 Å². The standard InChI is InChI=1S/C15H21BrFN/c1-2-10-18-14(9-8-11-6-7-11)12-4-3-5-13(17)15(12)16/h3-5,11,14,18H,2,6-10H2,1H3. The smallest absolute Gasteiger partial charge is 0.137 e. The first kappa shape index (κ1) is 14.0. The van der Waals surface area contributed by atoms with Gasteiger partial charge in [-0.3, -0.25) is 0 Å². The van der Waals surface area contributed by atoms with Crippen LogP contribution in [0, 0.1) is 11.7 Å². The fraction of sp³-hybridized carbons (Fsp3) is 0.600. The molecule has 1 N–H and O–H groups in total. The van der Waals surface area contributed by atoms with Gasteiger partial charge < -0.3 is 5.32 Å². The van der Waals surface area contributed by atoms with Crippen molar-refractivity contribution < 1.29 is 4.39 Å². The molecule has 3 heteroatoms. The molecular weight excluding hydrogens is 293 g/mol. The third kappa shape index (κ3) is 3.79. The van der Waals surface area contributed by atoms with Gasteiger partial charge in [0.05, 0.1) is 4.47 Å². The summed E-state index contributed by atoms with van der Waals surface area (Å²) in [5.41, 5.74) is 1.06. The van der Waals surface area contributed by atoms with Crippen molar-refractivity contribution in [2.24, 2.45) is 5.92 Å². The molecule has 1 aliphatic rings. The minimum Gasteiger partial charge on any atom is -0.310 e. The van der Waals surface area contributed by atoms with E-state index in [2.05, 4.69) is 28.2 Å². The Bertz CT molecular complexity index is 390. The highest BCUT2D eigenvalue weighted by Gasteiger charge is 2.24. The Balaban J connectivity index is 2.06. The minimum atomic E-state index is -0.165. The van der Waals surface area contributed by atoms with Crippen molar-refractivity contribution in [2.45, 2.75) is 45.1 Å². The lowest BCUT2D eigenvalue weighted by molar-refractivity contribution is 0.465. The number of benzene rings is 1. The van der Waals surface area contributed by atoms with Crippen LogP contribution in [0.5, 0.6) is 0 Å². The van der Waals surface area contributed by atoms with Gasteiger partial charge in [-0.15, -0.1) is 0 Å². The predicted octanol–water partition coefficient (Wildman–Crippen LogP) is 4.82. The normalized spacial score (nSPS) is 16.8. The third-order valence-electron chi connectivity index (χ3n) is 3.56. The zero-order valence-electron chi connectivity index (χ0n) is 10.9. The number of hydrogen-bond donors (Lipinski definition) is 1. The van der Waals surface area contributed by atoms with Crippen LogP contribution in [-0.4, -0.2) is 6.54 Å². The van der Waals surface area contributed by atoms with Crippen LogP contribution in [0.1, 0.15) is 50.6 Å². The first-order valence-electron chi connectivity index (χ1n) is 6.89. The van der Waals surface area contributed by atoms with Crippen LogP contribution >= 0.6 is 15.9 Å². The molecule has 0 aliphatic heterocycles. The maximum Gasteiger partial charge on any atom is 0.137 e. The number of rotatable bonds is 7. The van der Waals surface area contributed by atoms with E-state index in [0.717, 1.165) is 30.9 Å². The molecule has 1 nitrogen and oxygen atoms in total. The van der Waals surface area contributed by atoms with Gasteiger partial charge >= 0.3 is 0 Å². The van der Waals surface area contributed by atoms with Crippen LogP contribution < -0.4 is 5.32 Å². The first-order chi connectivity index (χ1) is 8.72. The van der Waals surface area contributed by atoms with E-state index in [4.69, 9.17) is 0 Å². The third-order valence-corrected chi connectivity index (χ3v) is 4.39. The van der Waals surface area contributed by atoms with Crippen molar-refractivity contribution in [2.75, 3.05) is 6.54 Å². The number of nitrogens with one attached hydrogen (secondary N) is 1. The van der Waals surface area contributed by atoms with Gasteiger partial charge in [0.25, 0.3) is 0 Å². The second-order valence-corrected chi connectivity index (χ2v) is 5.96. The molecule has 0 radical (unpaired) electrons. The van der Waals surface area contributed by atoms with Crippen molar-refractivity contribution in [3.8, 4) is 0 Å². The van der Waals surface area contributed by atoms with Crippen molar-refractivity contribution in [3.05, 3.63) is 34.1 Å². The summed E-state index contributed by atoms with van der Waals surface area (Å²) in [5, 5.41) is 3.54. The monoisotopic (exact) mass is 313 g/mol. The molecule has 0 heterocycles. The van der Waals surface area contributed by atoms with Crippen LogP contribution in [0.25, 0.3) is 0 Å². The molecule has 1 atom stereocenters. The summed E-state index contributed by atoms with van der Waals surface area (Å²) in [6, 6.07) is 5.60. The van der Waals surface area contributed by atoms with Crippen molar-refractivity contribution in [1.82, 2.24) is 5.32 Å². The molecule has 18 heavy (non-hydrogen) atoms. The quantitative estimate of drug-likeness (QED) is 0.761. The predicted molar refractivity (Wildman–Crippen MR) is 77.1 cm³/mol. The average Bonchev–Trinajstić information content (AvgIpc) is 3.18. The fourth-order valence-corrected chi connectivity index (χ4v) is 2.83. The molecule has 1 unspecified atom stereocenters. The van der Waals surface area contributed by atoms with E-state index < -0.39 is 0 Å². The van der Waals surface area contributed by atoms with Gasteiger partial charge in [-0.1, -0.05) is 31.9 Å². The van der Waals surface area contributed by atoms with Gasteiger partial charge in [0, 0.05) is 6.04 Å². The zero-order valence-corrected chi connectivity index (χ0v) is 12.5. The molecule has 1 saturated carbocycles. The van der Waals surface area contributed by atoms with Crippen LogP contribution in [0.3, 0.4) is 0 Å². The Morgan fingerprint density at radius 3 is 2.89 bits per heavy atom. The summed E-state index contributed by atoms with van der Waals surface area (Å²) in [5.74, 6) is 0.755. The average molecular weight is 314 g/mol. The molecule has 1 aromatic carbocycles. The van der Waals surface area contributed by atoms with E-state index in [1.54, 1.807) is 6.07 Å². The molecule has 1 aliphatic carbocycles. The first-order valence-corrected chi connectivity index (χ1v) is 7.69. The second kappa shape index (κ2) is 6.67. The Morgan fingerprint density at radius 2 is 2.22 bits per heavy atom. The van der Waals surface area contributed by atoms with Crippen LogP contribution in [0.15, 0.2) is 22.7 Å². The highest BCUT2D eigenvalue weighted by atomic mass is 79.9. The van der Waals surface area contributed by atoms with E-state index in [0.29, 0.717) is 4.47 Å². The molecule has 0 spiro atoms. The van der Waals surface area contributed by atoms with Crippen molar-refractivity contribution >= 4 is 15.9 Å². The van der Waals surface area contributed by atoms with Gasteiger partial charge in [-0.25, -0.2) is 4.39 Å². The molecule has 1 fully saturated rings. The van der Waals surface area contributed by atoms with Crippen LogP contribution in [-0.2, 0) is 0 Å². The fourth-order valence-electron chi connectivity index (χ4n) is 2.28. The SMILES string of the molecule is CCCNC(CCC1CC1)c1cccc(F)c1Br. The highest BCUT2D eigenvalue weighted by molar-refractivity contribution is 9.10. The van der Waals surface area contributed by atoms with Gasteiger partial charge in [0.15, 0.2) is 0 Å². The van der Waals surface area contributed by atoms with Gasteiger partial charge in [0.1, 0.15) is 5.82 Å². The summed E-state index contributed by atoms with van der Waals surface area (Å²) >= 11 is 3.38. The van der Waals surface area contributed by atoms with Crippen LogP contribution in [0.4, 0.5) is 4.39 Å². The second-order valence-electron chi connectivity index (χ2n) is 5.17. The Morgan fingerprint density at radius 1 is 1.44 bits per heavy atom. The van der Waals surface area contributed by atoms with Gasteiger partial charge in [-0.05, 0) is 59.3 Å². The zero-order chi connectivity index (χ0) is 13.0. The summed E-state index contributed by atoms with van der Waals surface area (Å²) in [7, 11) is 0. The lowest BCUT2D eigenvalue weighted by atomic mass is 10.00. The maximum absolute atomic E-state index is 13.6. The molecule has 2 rings (SSSR count). The van der Waals surface area contributed by atoms with Gasteiger partial charge in [-0.2, -0.15) is 0 Å². The molecule has 0 saturated heterocycles. The highest BCUT2D eigenvalue weighted by Crippen LogP contribution is 2.37. The van der Waals surface area contributed by atoms with E-state index in [-0.39, 0.29) is 11.9 Å². The minimum absolute atomic E-state index is 0.165. The Kier molecular flexibility index (Phi) is 5.19. The molecule has 1 aromatic rings. The molecule has 0 aromatic heterocycles. The summed E-state index contributed by atoms with van der Waals surface area (Å²) < 4.78 is 14.2. The largest absolute Gasteiger partial charge is 0.310 e. The van der Waals surface area contributed by atoms with E-state index in [1.807, 2.05) is 6.07 Å². The van der Waals surface area contributed by atoms with Crippen molar-refractivity contribution in [1.29, 1.82) is 0 Å². The van der Waals surface area contributed by atoms with Crippen molar-refractivity contribution in [3.63, 3.8) is 0 Å². The number of halogens is 2. The summed E-state index contributed by atoms with van der Waals surface area (Å²) in [6.45, 7) is 3.14. The van der Waals surface area contributed by atoms with E-state index in [1.165, 1.54) is 25.3 Å². The summed E-state index contributed by atoms with van der Waals surface area (Å²) in [6.07, 6.45) is 6.22. The molecule has 0 amide bonds. The topological polar surface area (TPSA) is 12.0 Å². The molecular formula is C15H21BrFN. The van der Waals surface area contributed by atoms with Crippen LogP contribution in [0.2, 0.25) is 0 Å².